The lowest BCUT2D eigenvalue weighted by atomic mass is 10.2. The number of carbonyl (C=O) groups is 2. The number of halogens is 1. The summed E-state index contributed by atoms with van der Waals surface area (Å²) in [6, 6.07) is -0.700. The maximum atomic E-state index is 11.6. The molecule has 1 spiro atoms. The maximum Gasteiger partial charge on any atom is 0.326 e. The van der Waals surface area contributed by atoms with E-state index in [-0.39, 0.29) is 33.5 Å². The molecule has 0 aromatic carbocycles. The standard InChI is InChI=1S/C9H14N2O3S2.BrH/c10-4-7(12)11-5-9(15-1-2-16-9)3-6(11)8(13)14;/h6H,1-5,10H2,(H,13,14);1H/t6-;/m0./s1. The number of carboxylic acid groups (broad SMARTS) is 1. The molecule has 0 aliphatic carbocycles. The van der Waals surface area contributed by atoms with Gasteiger partial charge in [-0.3, -0.25) is 4.79 Å². The Kier molecular flexibility index (Phi) is 5.18. The average molecular weight is 343 g/mol. The molecule has 2 aliphatic heterocycles. The van der Waals surface area contributed by atoms with E-state index < -0.39 is 12.0 Å². The van der Waals surface area contributed by atoms with Gasteiger partial charge in [-0.05, 0) is 0 Å². The Morgan fingerprint density at radius 1 is 1.41 bits per heavy atom. The summed E-state index contributed by atoms with van der Waals surface area (Å²) >= 11 is 3.54. The Morgan fingerprint density at radius 3 is 2.47 bits per heavy atom. The summed E-state index contributed by atoms with van der Waals surface area (Å²) in [7, 11) is 0. The fraction of sp³-hybridized carbons (Fsp3) is 0.778. The summed E-state index contributed by atoms with van der Waals surface area (Å²) in [6.45, 7) is 0.393. The molecular formula is C9H15BrN2O3S2. The highest BCUT2D eigenvalue weighted by Gasteiger charge is 2.50. The first-order chi connectivity index (χ1) is 7.58. The van der Waals surface area contributed by atoms with Crippen LogP contribution in [0.15, 0.2) is 0 Å². The lowest BCUT2D eigenvalue weighted by molar-refractivity contribution is -0.147. The SMILES string of the molecule is Br.NCC(=O)N1CC2(C[C@H]1C(=O)O)SCCS2. The number of carboxylic acids is 1. The Morgan fingerprint density at radius 2 is 2.00 bits per heavy atom. The molecule has 2 aliphatic rings. The number of likely N-dealkylation sites (tertiary alicyclic amines) is 1. The summed E-state index contributed by atoms with van der Waals surface area (Å²) in [6.07, 6.45) is 0.531. The number of hydrogen-bond acceptors (Lipinski definition) is 5. The van der Waals surface area contributed by atoms with Crippen LogP contribution < -0.4 is 5.73 Å². The van der Waals surface area contributed by atoms with E-state index in [1.54, 1.807) is 23.5 Å². The minimum Gasteiger partial charge on any atom is -0.480 e. The van der Waals surface area contributed by atoms with Gasteiger partial charge in [-0.25, -0.2) is 4.79 Å². The third-order valence-corrected chi connectivity index (χ3v) is 6.31. The Balaban J connectivity index is 0.00000144. The molecule has 0 radical (unpaired) electrons. The number of carbonyl (C=O) groups excluding carboxylic acids is 1. The van der Waals surface area contributed by atoms with Crippen LogP contribution in [0.25, 0.3) is 0 Å². The summed E-state index contributed by atoms with van der Waals surface area (Å²) in [5.74, 6) is 0.868. The third-order valence-electron chi connectivity index (χ3n) is 2.89. The molecule has 2 fully saturated rings. The molecule has 0 aromatic heterocycles. The van der Waals surface area contributed by atoms with Crippen LogP contribution in [-0.4, -0.2) is 56.6 Å². The van der Waals surface area contributed by atoms with Crippen LogP contribution >= 0.6 is 40.5 Å². The molecule has 1 atom stereocenters. The number of nitrogens with two attached hydrogens (primary N) is 1. The molecule has 5 nitrogen and oxygen atoms in total. The van der Waals surface area contributed by atoms with Gasteiger partial charge in [0.15, 0.2) is 0 Å². The average Bonchev–Trinajstić information content (AvgIpc) is 2.86. The zero-order valence-electron chi connectivity index (χ0n) is 9.13. The number of hydrogen-bond donors (Lipinski definition) is 2. The van der Waals surface area contributed by atoms with Crippen molar-refractivity contribution in [1.82, 2.24) is 4.90 Å². The number of aliphatic carboxylic acids is 1. The van der Waals surface area contributed by atoms with Crippen molar-refractivity contribution in [2.24, 2.45) is 5.73 Å². The van der Waals surface area contributed by atoms with Gasteiger partial charge in [0.05, 0.1) is 10.6 Å². The molecule has 0 unspecified atom stereocenters. The van der Waals surface area contributed by atoms with E-state index >= 15 is 0 Å². The lowest BCUT2D eigenvalue weighted by Crippen LogP contribution is -2.43. The van der Waals surface area contributed by atoms with Gasteiger partial charge in [0.2, 0.25) is 5.91 Å². The van der Waals surface area contributed by atoms with E-state index in [4.69, 9.17) is 10.8 Å². The van der Waals surface area contributed by atoms with Gasteiger partial charge in [-0.2, -0.15) is 0 Å². The van der Waals surface area contributed by atoms with Crippen LogP contribution in [0.4, 0.5) is 0 Å². The highest BCUT2D eigenvalue weighted by Crippen LogP contribution is 2.51. The summed E-state index contributed by atoms with van der Waals surface area (Å²) < 4.78 is -0.103. The fourth-order valence-electron chi connectivity index (χ4n) is 2.15. The van der Waals surface area contributed by atoms with E-state index in [1.807, 2.05) is 0 Å². The van der Waals surface area contributed by atoms with Crippen LogP contribution in [-0.2, 0) is 9.59 Å². The first-order valence-electron chi connectivity index (χ1n) is 5.08. The Labute approximate surface area is 119 Å². The lowest BCUT2D eigenvalue weighted by Gasteiger charge is -2.22. The summed E-state index contributed by atoms with van der Waals surface area (Å²) in [5.41, 5.74) is 5.30. The summed E-state index contributed by atoms with van der Waals surface area (Å²) in [5, 5.41) is 9.12. The van der Waals surface area contributed by atoms with Crippen LogP contribution in [0.5, 0.6) is 0 Å². The van der Waals surface area contributed by atoms with E-state index in [1.165, 1.54) is 4.90 Å². The second kappa shape index (κ2) is 5.81. The van der Waals surface area contributed by atoms with Gasteiger partial charge in [0.1, 0.15) is 6.04 Å². The van der Waals surface area contributed by atoms with Gasteiger partial charge in [-0.15, -0.1) is 40.5 Å². The molecule has 0 aromatic rings. The van der Waals surface area contributed by atoms with E-state index in [9.17, 15) is 9.59 Å². The van der Waals surface area contributed by atoms with Crippen molar-refractivity contribution in [3.63, 3.8) is 0 Å². The van der Waals surface area contributed by atoms with Crippen molar-refractivity contribution in [2.45, 2.75) is 16.5 Å². The zero-order chi connectivity index (χ0) is 11.8. The van der Waals surface area contributed by atoms with Crippen molar-refractivity contribution in [2.75, 3.05) is 24.6 Å². The highest BCUT2D eigenvalue weighted by molar-refractivity contribution is 8.93. The van der Waals surface area contributed by atoms with Crippen molar-refractivity contribution < 1.29 is 14.7 Å². The first kappa shape index (κ1) is 15.1. The van der Waals surface area contributed by atoms with E-state index in [2.05, 4.69) is 0 Å². The van der Waals surface area contributed by atoms with Crippen LogP contribution in [0, 0.1) is 0 Å². The zero-order valence-corrected chi connectivity index (χ0v) is 12.5. The van der Waals surface area contributed by atoms with E-state index in [0.29, 0.717) is 13.0 Å². The minimum absolute atomic E-state index is 0. The number of rotatable bonds is 2. The largest absolute Gasteiger partial charge is 0.480 e. The molecular weight excluding hydrogens is 328 g/mol. The van der Waals surface area contributed by atoms with Crippen LogP contribution in [0.2, 0.25) is 0 Å². The molecule has 2 heterocycles. The number of thioether (sulfide) groups is 2. The molecule has 98 valence electrons. The molecule has 2 rings (SSSR count). The van der Waals surface area contributed by atoms with Crippen molar-refractivity contribution >= 4 is 52.4 Å². The summed E-state index contributed by atoms with van der Waals surface area (Å²) in [4.78, 5) is 24.1. The van der Waals surface area contributed by atoms with Crippen molar-refractivity contribution in [3.8, 4) is 0 Å². The minimum atomic E-state index is -0.924. The van der Waals surface area contributed by atoms with Gasteiger partial charge in [0.25, 0.3) is 0 Å². The number of nitrogens with zero attached hydrogens (tertiary/aromatic N) is 1. The molecule has 0 bridgehead atoms. The topological polar surface area (TPSA) is 83.6 Å². The Bertz CT molecular complexity index is 323. The normalized spacial score (nSPS) is 25.9. The molecule has 0 saturated carbocycles. The second-order valence-corrected chi connectivity index (χ2v) is 7.11. The van der Waals surface area contributed by atoms with Gasteiger partial charge < -0.3 is 15.7 Å². The Hall–Kier alpha value is 0.0800. The quantitative estimate of drug-likeness (QED) is 0.755. The molecule has 3 N–H and O–H groups in total. The smallest absolute Gasteiger partial charge is 0.326 e. The fourth-order valence-corrected chi connectivity index (χ4v) is 5.40. The highest BCUT2D eigenvalue weighted by atomic mass is 79.9. The maximum absolute atomic E-state index is 11.6. The predicted octanol–water partition coefficient (Wildman–Crippen LogP) is 0.385. The molecule has 1 amide bonds. The number of amides is 1. The van der Waals surface area contributed by atoms with Gasteiger partial charge in [-0.1, -0.05) is 0 Å². The molecule has 17 heavy (non-hydrogen) atoms. The van der Waals surface area contributed by atoms with Crippen molar-refractivity contribution in [1.29, 1.82) is 0 Å². The van der Waals surface area contributed by atoms with Crippen LogP contribution in [0.3, 0.4) is 0 Å². The van der Waals surface area contributed by atoms with Gasteiger partial charge >= 0.3 is 5.97 Å². The first-order valence-corrected chi connectivity index (χ1v) is 7.05. The third kappa shape index (κ3) is 2.91. The molecule has 8 heteroatoms. The van der Waals surface area contributed by atoms with E-state index in [0.717, 1.165) is 11.5 Å². The second-order valence-electron chi connectivity index (χ2n) is 3.89. The molecule has 2 saturated heterocycles. The predicted molar refractivity (Wildman–Crippen MR) is 74.8 cm³/mol. The van der Waals surface area contributed by atoms with Gasteiger partial charge in [0, 0.05) is 24.5 Å². The van der Waals surface area contributed by atoms with Crippen LogP contribution in [0.1, 0.15) is 6.42 Å². The monoisotopic (exact) mass is 342 g/mol. The van der Waals surface area contributed by atoms with Crippen molar-refractivity contribution in [3.05, 3.63) is 0 Å².